The van der Waals surface area contributed by atoms with Gasteiger partial charge in [0.2, 0.25) is 0 Å². The standard InChI is InChI=1S/C14H16ClNOS/c15-13-6-2-1-5-12(13)14(17)10-16-8-7-11-4-3-9-18-11/h1-6,9,14,16-17H,7-8,10H2. The van der Waals surface area contributed by atoms with Gasteiger partial charge in [0.05, 0.1) is 6.10 Å². The summed E-state index contributed by atoms with van der Waals surface area (Å²) in [4.78, 5) is 1.36. The molecular formula is C14H16ClNOS. The Morgan fingerprint density at radius 2 is 2.06 bits per heavy atom. The van der Waals surface area contributed by atoms with Crippen LogP contribution in [0.15, 0.2) is 41.8 Å². The molecule has 2 rings (SSSR count). The third-order valence-electron chi connectivity index (χ3n) is 2.73. The molecule has 2 aromatic rings. The van der Waals surface area contributed by atoms with Gasteiger partial charge in [-0.15, -0.1) is 11.3 Å². The molecule has 1 aromatic heterocycles. The summed E-state index contributed by atoms with van der Waals surface area (Å²) < 4.78 is 0. The van der Waals surface area contributed by atoms with Crippen molar-refractivity contribution in [3.05, 3.63) is 57.2 Å². The summed E-state index contributed by atoms with van der Waals surface area (Å²) in [6.45, 7) is 1.39. The average molecular weight is 282 g/mol. The van der Waals surface area contributed by atoms with E-state index in [9.17, 15) is 5.11 Å². The van der Waals surface area contributed by atoms with Gasteiger partial charge >= 0.3 is 0 Å². The van der Waals surface area contributed by atoms with Crippen LogP contribution in [0.3, 0.4) is 0 Å². The SMILES string of the molecule is OC(CNCCc1cccs1)c1ccccc1Cl. The van der Waals surface area contributed by atoms with Gasteiger partial charge in [-0.3, -0.25) is 0 Å². The van der Waals surface area contributed by atoms with Crippen LogP contribution in [0.25, 0.3) is 0 Å². The molecule has 0 aliphatic rings. The van der Waals surface area contributed by atoms with E-state index in [4.69, 9.17) is 11.6 Å². The van der Waals surface area contributed by atoms with Crippen molar-refractivity contribution in [2.75, 3.05) is 13.1 Å². The van der Waals surface area contributed by atoms with E-state index in [1.54, 1.807) is 17.4 Å². The zero-order chi connectivity index (χ0) is 12.8. The topological polar surface area (TPSA) is 32.3 Å². The van der Waals surface area contributed by atoms with E-state index in [1.165, 1.54) is 4.88 Å². The number of benzene rings is 1. The Morgan fingerprint density at radius 1 is 1.22 bits per heavy atom. The first-order chi connectivity index (χ1) is 8.77. The van der Waals surface area contributed by atoms with Crippen molar-refractivity contribution in [1.29, 1.82) is 0 Å². The summed E-state index contributed by atoms with van der Waals surface area (Å²) >= 11 is 7.78. The van der Waals surface area contributed by atoms with Gasteiger partial charge in [-0.2, -0.15) is 0 Å². The van der Waals surface area contributed by atoms with E-state index < -0.39 is 6.10 Å². The highest BCUT2D eigenvalue weighted by Crippen LogP contribution is 2.21. The van der Waals surface area contributed by atoms with Crippen molar-refractivity contribution >= 4 is 22.9 Å². The number of aliphatic hydroxyl groups is 1. The van der Waals surface area contributed by atoms with E-state index in [1.807, 2.05) is 18.2 Å². The minimum atomic E-state index is -0.554. The van der Waals surface area contributed by atoms with Crippen molar-refractivity contribution in [2.45, 2.75) is 12.5 Å². The summed E-state index contributed by atoms with van der Waals surface area (Å²) in [6, 6.07) is 11.6. The Kier molecular flexibility index (Phi) is 5.20. The normalized spacial score (nSPS) is 12.6. The van der Waals surface area contributed by atoms with E-state index in [0.717, 1.165) is 18.5 Å². The Balaban J connectivity index is 1.75. The number of hydrogen-bond donors (Lipinski definition) is 2. The second-order valence-corrected chi connectivity index (χ2v) is 5.51. The Morgan fingerprint density at radius 3 is 2.78 bits per heavy atom. The number of nitrogens with one attached hydrogen (secondary N) is 1. The maximum atomic E-state index is 10.0. The average Bonchev–Trinajstić information content (AvgIpc) is 2.88. The third kappa shape index (κ3) is 3.82. The van der Waals surface area contributed by atoms with Crippen LogP contribution < -0.4 is 5.32 Å². The quantitative estimate of drug-likeness (QED) is 0.797. The van der Waals surface area contributed by atoms with Gasteiger partial charge in [-0.05, 0) is 23.9 Å². The summed E-state index contributed by atoms with van der Waals surface area (Å²) in [6.07, 6.45) is 0.439. The van der Waals surface area contributed by atoms with Crippen molar-refractivity contribution in [3.8, 4) is 0 Å². The highest BCUT2D eigenvalue weighted by Gasteiger charge is 2.09. The summed E-state index contributed by atoms with van der Waals surface area (Å²) in [5.41, 5.74) is 0.780. The zero-order valence-electron chi connectivity index (χ0n) is 9.97. The lowest BCUT2D eigenvalue weighted by Gasteiger charge is -2.13. The van der Waals surface area contributed by atoms with Gasteiger partial charge in [0.1, 0.15) is 0 Å². The molecule has 1 heterocycles. The first kappa shape index (κ1) is 13.6. The van der Waals surface area contributed by atoms with Crippen molar-refractivity contribution in [1.82, 2.24) is 5.32 Å². The molecule has 1 aromatic carbocycles. The lowest BCUT2D eigenvalue weighted by Crippen LogP contribution is -2.23. The highest BCUT2D eigenvalue weighted by molar-refractivity contribution is 7.09. The smallest absolute Gasteiger partial charge is 0.0928 e. The van der Waals surface area contributed by atoms with Gasteiger partial charge in [0.15, 0.2) is 0 Å². The lowest BCUT2D eigenvalue weighted by atomic mass is 10.1. The monoisotopic (exact) mass is 281 g/mol. The fourth-order valence-electron chi connectivity index (χ4n) is 1.76. The molecule has 0 saturated carbocycles. The summed E-state index contributed by atoms with van der Waals surface area (Å²) in [5.74, 6) is 0. The maximum absolute atomic E-state index is 10.0. The van der Waals surface area contributed by atoms with Crippen LogP contribution in [0.1, 0.15) is 16.5 Å². The van der Waals surface area contributed by atoms with Gasteiger partial charge in [0, 0.05) is 28.6 Å². The second-order valence-electron chi connectivity index (χ2n) is 4.07. The van der Waals surface area contributed by atoms with Crippen LogP contribution in [0.2, 0.25) is 5.02 Å². The molecule has 18 heavy (non-hydrogen) atoms. The highest BCUT2D eigenvalue weighted by atomic mass is 35.5. The molecule has 0 radical (unpaired) electrons. The Hall–Kier alpha value is -0.870. The van der Waals surface area contributed by atoms with E-state index >= 15 is 0 Å². The van der Waals surface area contributed by atoms with E-state index in [2.05, 4.69) is 22.8 Å². The largest absolute Gasteiger partial charge is 0.387 e. The van der Waals surface area contributed by atoms with Crippen molar-refractivity contribution < 1.29 is 5.11 Å². The molecule has 0 saturated heterocycles. The van der Waals surface area contributed by atoms with Crippen LogP contribution >= 0.6 is 22.9 Å². The fourth-order valence-corrected chi connectivity index (χ4v) is 2.73. The predicted molar refractivity (Wildman–Crippen MR) is 77.3 cm³/mol. The van der Waals surface area contributed by atoms with E-state index in [-0.39, 0.29) is 0 Å². The minimum Gasteiger partial charge on any atom is -0.387 e. The van der Waals surface area contributed by atoms with Gasteiger partial charge in [0.25, 0.3) is 0 Å². The molecule has 0 fully saturated rings. The number of hydrogen-bond acceptors (Lipinski definition) is 3. The molecule has 2 nitrogen and oxygen atoms in total. The van der Waals surface area contributed by atoms with E-state index in [0.29, 0.717) is 11.6 Å². The molecule has 4 heteroatoms. The fraction of sp³-hybridized carbons (Fsp3) is 0.286. The number of halogens is 1. The first-order valence-electron chi connectivity index (χ1n) is 5.93. The van der Waals surface area contributed by atoms with Crippen molar-refractivity contribution in [2.24, 2.45) is 0 Å². The van der Waals surface area contributed by atoms with Crippen LogP contribution in [-0.4, -0.2) is 18.2 Å². The van der Waals surface area contributed by atoms with Crippen LogP contribution in [0, 0.1) is 0 Å². The third-order valence-corrected chi connectivity index (χ3v) is 4.01. The molecule has 0 aliphatic carbocycles. The maximum Gasteiger partial charge on any atom is 0.0928 e. The molecule has 0 amide bonds. The Labute approximate surface area is 116 Å². The minimum absolute atomic E-state index is 0.523. The van der Waals surface area contributed by atoms with Crippen LogP contribution in [0.5, 0.6) is 0 Å². The molecule has 0 spiro atoms. The molecule has 0 bridgehead atoms. The molecule has 2 N–H and O–H groups in total. The van der Waals surface area contributed by atoms with Gasteiger partial charge < -0.3 is 10.4 Å². The Bertz CT molecular complexity index is 472. The number of aliphatic hydroxyl groups excluding tert-OH is 1. The zero-order valence-corrected chi connectivity index (χ0v) is 11.5. The first-order valence-corrected chi connectivity index (χ1v) is 7.18. The molecule has 96 valence electrons. The molecule has 1 atom stereocenters. The molecule has 1 unspecified atom stereocenters. The summed E-state index contributed by atoms with van der Waals surface area (Å²) in [5, 5.41) is 16.0. The number of thiophene rings is 1. The predicted octanol–water partition coefficient (Wildman–Crippen LogP) is 3.27. The number of rotatable bonds is 6. The lowest BCUT2D eigenvalue weighted by molar-refractivity contribution is 0.175. The second kappa shape index (κ2) is 6.90. The van der Waals surface area contributed by atoms with Crippen LogP contribution in [-0.2, 0) is 6.42 Å². The van der Waals surface area contributed by atoms with Gasteiger partial charge in [-0.1, -0.05) is 35.9 Å². The molecular weight excluding hydrogens is 266 g/mol. The van der Waals surface area contributed by atoms with Crippen molar-refractivity contribution in [3.63, 3.8) is 0 Å². The van der Waals surface area contributed by atoms with Gasteiger partial charge in [-0.25, -0.2) is 0 Å². The molecule has 0 aliphatic heterocycles. The summed E-state index contributed by atoms with van der Waals surface area (Å²) in [7, 11) is 0. The van der Waals surface area contributed by atoms with Crippen LogP contribution in [0.4, 0.5) is 0 Å².